The number of nitriles is 1. The average molecular weight is 225 g/mol. The standard InChI is InChI=1S/C11H19N3O2/c1-11(2,14(15)16)5-3-6-13-7-4-10(8-12)9-13/h10H,3-7,9H2,1-2H3. The van der Waals surface area contributed by atoms with Gasteiger partial charge in [-0.1, -0.05) is 0 Å². The maximum Gasteiger partial charge on any atom is 0.216 e. The quantitative estimate of drug-likeness (QED) is 0.527. The Bertz CT molecular complexity index is 296. The smallest absolute Gasteiger partial charge is 0.216 e. The van der Waals surface area contributed by atoms with E-state index in [4.69, 9.17) is 5.26 Å². The van der Waals surface area contributed by atoms with Crippen LogP contribution in [-0.2, 0) is 0 Å². The Morgan fingerprint density at radius 2 is 2.31 bits per heavy atom. The fourth-order valence-electron chi connectivity index (χ4n) is 1.97. The molecule has 1 rings (SSSR count). The molecule has 0 radical (unpaired) electrons. The maximum absolute atomic E-state index is 10.7. The van der Waals surface area contributed by atoms with Gasteiger partial charge in [-0.3, -0.25) is 10.1 Å². The molecule has 1 aliphatic heterocycles. The van der Waals surface area contributed by atoms with Gasteiger partial charge in [0.2, 0.25) is 5.54 Å². The average Bonchev–Trinajstić information content (AvgIpc) is 2.65. The fourth-order valence-corrected chi connectivity index (χ4v) is 1.97. The summed E-state index contributed by atoms with van der Waals surface area (Å²) >= 11 is 0. The molecule has 1 heterocycles. The molecule has 1 unspecified atom stereocenters. The van der Waals surface area contributed by atoms with Crippen molar-refractivity contribution in [3.8, 4) is 6.07 Å². The van der Waals surface area contributed by atoms with E-state index in [9.17, 15) is 10.1 Å². The van der Waals surface area contributed by atoms with Crippen LogP contribution < -0.4 is 0 Å². The van der Waals surface area contributed by atoms with Crippen LogP contribution in [0.3, 0.4) is 0 Å². The highest BCUT2D eigenvalue weighted by Crippen LogP contribution is 2.19. The second kappa shape index (κ2) is 5.26. The second-order valence-electron chi connectivity index (χ2n) is 5.09. The molecular formula is C11H19N3O2. The van der Waals surface area contributed by atoms with Crippen LogP contribution in [0.2, 0.25) is 0 Å². The molecular weight excluding hydrogens is 206 g/mol. The predicted octanol–water partition coefficient (Wildman–Crippen LogP) is 1.67. The van der Waals surface area contributed by atoms with E-state index in [1.807, 2.05) is 0 Å². The lowest BCUT2D eigenvalue weighted by Gasteiger charge is -2.18. The van der Waals surface area contributed by atoms with Crippen molar-refractivity contribution in [3.63, 3.8) is 0 Å². The zero-order valence-corrected chi connectivity index (χ0v) is 9.98. The van der Waals surface area contributed by atoms with Crippen LogP contribution in [0.1, 0.15) is 33.1 Å². The summed E-state index contributed by atoms with van der Waals surface area (Å²) in [7, 11) is 0. The third-order valence-electron chi connectivity index (χ3n) is 3.21. The maximum atomic E-state index is 10.7. The van der Waals surface area contributed by atoms with E-state index in [1.165, 1.54) is 0 Å². The first-order chi connectivity index (χ1) is 7.45. The van der Waals surface area contributed by atoms with Crippen molar-refractivity contribution in [1.82, 2.24) is 4.90 Å². The van der Waals surface area contributed by atoms with Gasteiger partial charge in [0.25, 0.3) is 0 Å². The number of nitrogens with zero attached hydrogens (tertiary/aromatic N) is 3. The first-order valence-electron chi connectivity index (χ1n) is 5.72. The van der Waals surface area contributed by atoms with Crippen LogP contribution in [0.5, 0.6) is 0 Å². The Kier molecular flexibility index (Phi) is 4.25. The molecule has 0 aromatic rings. The van der Waals surface area contributed by atoms with Gasteiger partial charge in [0, 0.05) is 31.7 Å². The van der Waals surface area contributed by atoms with Crippen molar-refractivity contribution in [2.75, 3.05) is 19.6 Å². The van der Waals surface area contributed by atoms with Crippen molar-refractivity contribution in [3.05, 3.63) is 10.1 Å². The summed E-state index contributed by atoms with van der Waals surface area (Å²) in [6.07, 6.45) is 2.36. The molecule has 1 saturated heterocycles. The minimum absolute atomic E-state index is 0.156. The van der Waals surface area contributed by atoms with E-state index < -0.39 is 5.54 Å². The molecule has 0 aromatic heterocycles. The van der Waals surface area contributed by atoms with Crippen molar-refractivity contribution < 1.29 is 4.92 Å². The fraction of sp³-hybridized carbons (Fsp3) is 0.909. The van der Waals surface area contributed by atoms with Crippen LogP contribution in [0.15, 0.2) is 0 Å². The SMILES string of the molecule is CC(C)(CCCN1CCC(C#N)C1)[N+](=O)[O-]. The van der Waals surface area contributed by atoms with Crippen LogP contribution >= 0.6 is 0 Å². The van der Waals surface area contributed by atoms with Crippen molar-refractivity contribution in [1.29, 1.82) is 5.26 Å². The topological polar surface area (TPSA) is 70.2 Å². The summed E-state index contributed by atoms with van der Waals surface area (Å²) in [5.41, 5.74) is -0.825. The third-order valence-corrected chi connectivity index (χ3v) is 3.21. The Labute approximate surface area is 96.2 Å². The number of likely N-dealkylation sites (tertiary alicyclic amines) is 1. The molecule has 1 atom stereocenters. The molecule has 90 valence electrons. The summed E-state index contributed by atoms with van der Waals surface area (Å²) in [5.74, 6) is 0.156. The van der Waals surface area contributed by atoms with E-state index in [2.05, 4.69) is 11.0 Å². The normalized spacial score (nSPS) is 21.9. The first-order valence-corrected chi connectivity index (χ1v) is 5.72. The molecule has 5 nitrogen and oxygen atoms in total. The third kappa shape index (κ3) is 3.46. The number of hydrogen-bond acceptors (Lipinski definition) is 4. The van der Waals surface area contributed by atoms with Gasteiger partial charge >= 0.3 is 0 Å². The molecule has 1 fully saturated rings. The lowest BCUT2D eigenvalue weighted by atomic mass is 9.99. The van der Waals surface area contributed by atoms with Crippen molar-refractivity contribution >= 4 is 0 Å². The van der Waals surface area contributed by atoms with Crippen LogP contribution in [0.4, 0.5) is 0 Å². The lowest BCUT2D eigenvalue weighted by molar-refractivity contribution is -0.561. The van der Waals surface area contributed by atoms with E-state index in [1.54, 1.807) is 13.8 Å². The van der Waals surface area contributed by atoms with Crippen LogP contribution in [0.25, 0.3) is 0 Å². The van der Waals surface area contributed by atoms with Gasteiger partial charge in [-0.15, -0.1) is 0 Å². The van der Waals surface area contributed by atoms with Gasteiger partial charge in [-0.05, 0) is 25.9 Å². The molecule has 0 amide bonds. The molecule has 1 aliphatic rings. The Morgan fingerprint density at radius 1 is 1.62 bits per heavy atom. The highest BCUT2D eigenvalue weighted by Gasteiger charge is 2.30. The van der Waals surface area contributed by atoms with Crippen LogP contribution in [-0.4, -0.2) is 35.0 Å². The molecule has 0 aliphatic carbocycles. The summed E-state index contributed by atoms with van der Waals surface area (Å²) in [6.45, 7) is 5.98. The zero-order chi connectivity index (χ0) is 12.2. The van der Waals surface area contributed by atoms with Gasteiger partial charge in [0.15, 0.2) is 0 Å². The zero-order valence-electron chi connectivity index (χ0n) is 9.98. The number of nitro groups is 1. The van der Waals surface area contributed by atoms with E-state index in [0.29, 0.717) is 6.42 Å². The van der Waals surface area contributed by atoms with Crippen LogP contribution in [0, 0.1) is 27.4 Å². The Morgan fingerprint density at radius 3 is 2.81 bits per heavy atom. The van der Waals surface area contributed by atoms with Gasteiger partial charge in [0.1, 0.15) is 0 Å². The highest BCUT2D eigenvalue weighted by atomic mass is 16.6. The van der Waals surface area contributed by atoms with E-state index in [0.717, 1.165) is 32.5 Å². The minimum atomic E-state index is -0.825. The Hall–Kier alpha value is -1.15. The molecule has 0 saturated carbocycles. The monoisotopic (exact) mass is 225 g/mol. The van der Waals surface area contributed by atoms with Gasteiger partial charge in [0.05, 0.1) is 12.0 Å². The molecule has 0 bridgehead atoms. The summed E-state index contributed by atoms with van der Waals surface area (Å²) < 4.78 is 0. The molecule has 0 N–H and O–H groups in total. The van der Waals surface area contributed by atoms with Crippen molar-refractivity contribution in [2.24, 2.45) is 5.92 Å². The summed E-state index contributed by atoms with van der Waals surface area (Å²) in [5, 5.41) is 19.4. The van der Waals surface area contributed by atoms with E-state index >= 15 is 0 Å². The second-order valence-corrected chi connectivity index (χ2v) is 5.09. The minimum Gasteiger partial charge on any atom is -0.302 e. The summed E-state index contributed by atoms with van der Waals surface area (Å²) in [6, 6.07) is 2.27. The first kappa shape index (κ1) is 12.9. The van der Waals surface area contributed by atoms with Gasteiger partial charge in [-0.25, -0.2) is 0 Å². The van der Waals surface area contributed by atoms with Gasteiger partial charge in [-0.2, -0.15) is 5.26 Å². The molecule has 0 aromatic carbocycles. The molecule has 16 heavy (non-hydrogen) atoms. The Balaban J connectivity index is 2.22. The molecule has 5 heteroatoms. The highest BCUT2D eigenvalue weighted by molar-refractivity contribution is 4.90. The number of rotatable bonds is 5. The molecule has 0 spiro atoms. The van der Waals surface area contributed by atoms with Gasteiger partial charge < -0.3 is 4.90 Å². The van der Waals surface area contributed by atoms with E-state index in [-0.39, 0.29) is 10.8 Å². The lowest BCUT2D eigenvalue weighted by Crippen LogP contribution is -2.32. The largest absolute Gasteiger partial charge is 0.302 e. The number of hydrogen-bond donors (Lipinski definition) is 0. The predicted molar refractivity (Wildman–Crippen MR) is 60.5 cm³/mol. The van der Waals surface area contributed by atoms with Crippen molar-refractivity contribution in [2.45, 2.75) is 38.6 Å². The summed E-state index contributed by atoms with van der Waals surface area (Å²) in [4.78, 5) is 12.7.